The number of urea groups is 1. The highest BCUT2D eigenvalue weighted by molar-refractivity contribution is 9.10. The number of phenols is 1. The van der Waals surface area contributed by atoms with Gasteiger partial charge in [-0.2, -0.15) is 5.10 Å². The van der Waals surface area contributed by atoms with Gasteiger partial charge in [-0.1, -0.05) is 45.8 Å². The van der Waals surface area contributed by atoms with Crippen LogP contribution >= 0.6 is 15.9 Å². The van der Waals surface area contributed by atoms with Crippen molar-refractivity contribution in [2.24, 2.45) is 16.9 Å². The standard InChI is InChI=1S/C25H28BrN3O2/c1-16-2-4-20(5-3-16)24-10-17-8-18(11-24)13-25(12-17,15-24)28-23(31)29-27-14-19-9-21(26)6-7-22(19)30/h2-7,9,14,17-18,30H,8,10-13,15H2,1H3,(H2,28,29,31)/b27-14+/t17-,18+,24?,25?. The molecule has 6 rings (SSSR count). The predicted octanol–water partition coefficient (Wildman–Crippen LogP) is 5.39. The normalized spacial score (nSPS) is 31.2. The van der Waals surface area contributed by atoms with Crippen molar-refractivity contribution in [1.82, 2.24) is 10.7 Å². The van der Waals surface area contributed by atoms with Crippen LogP contribution in [-0.2, 0) is 5.41 Å². The van der Waals surface area contributed by atoms with E-state index >= 15 is 0 Å². The fourth-order valence-electron chi connectivity index (χ4n) is 6.71. The number of hydrogen-bond donors (Lipinski definition) is 3. The van der Waals surface area contributed by atoms with Gasteiger partial charge >= 0.3 is 6.03 Å². The molecule has 2 aromatic carbocycles. The van der Waals surface area contributed by atoms with Gasteiger partial charge in [0, 0.05) is 15.6 Å². The van der Waals surface area contributed by atoms with Crippen LogP contribution in [0.4, 0.5) is 4.79 Å². The van der Waals surface area contributed by atoms with Crippen molar-refractivity contribution in [3.05, 3.63) is 63.6 Å². The van der Waals surface area contributed by atoms with E-state index in [1.54, 1.807) is 18.2 Å². The number of nitrogens with zero attached hydrogens (tertiary/aromatic N) is 1. The Morgan fingerprint density at radius 2 is 1.84 bits per heavy atom. The molecule has 2 amide bonds. The van der Waals surface area contributed by atoms with Gasteiger partial charge in [-0.25, -0.2) is 10.2 Å². The minimum absolute atomic E-state index is 0.121. The Hall–Kier alpha value is -2.34. The number of rotatable bonds is 4. The van der Waals surface area contributed by atoms with Crippen LogP contribution in [0.25, 0.3) is 0 Å². The Balaban J connectivity index is 1.31. The number of hydrazone groups is 1. The first-order chi connectivity index (χ1) is 14.8. The molecule has 4 aliphatic rings. The van der Waals surface area contributed by atoms with E-state index in [2.05, 4.69) is 63.0 Å². The second kappa shape index (κ2) is 7.66. The third kappa shape index (κ3) is 3.98. The van der Waals surface area contributed by atoms with Gasteiger partial charge in [-0.05, 0) is 86.5 Å². The minimum Gasteiger partial charge on any atom is -0.507 e. The summed E-state index contributed by atoms with van der Waals surface area (Å²) in [4.78, 5) is 12.7. The average molecular weight is 482 g/mol. The number of hydrogen-bond acceptors (Lipinski definition) is 3. The van der Waals surface area contributed by atoms with Gasteiger partial charge in [0.05, 0.1) is 6.21 Å². The van der Waals surface area contributed by atoms with Gasteiger partial charge in [0.1, 0.15) is 5.75 Å². The highest BCUT2D eigenvalue weighted by Crippen LogP contribution is 2.62. The Morgan fingerprint density at radius 1 is 1.13 bits per heavy atom. The first-order valence-electron chi connectivity index (χ1n) is 11.0. The summed E-state index contributed by atoms with van der Waals surface area (Å²) < 4.78 is 0.839. The number of carbonyl (C=O) groups is 1. The lowest BCUT2D eigenvalue weighted by Gasteiger charge is -2.62. The molecule has 4 saturated carbocycles. The van der Waals surface area contributed by atoms with Crippen molar-refractivity contribution in [2.45, 2.75) is 56.4 Å². The largest absolute Gasteiger partial charge is 0.507 e. The summed E-state index contributed by atoms with van der Waals surface area (Å²) in [6.07, 6.45) is 8.34. The van der Waals surface area contributed by atoms with Crippen LogP contribution in [0.1, 0.15) is 55.2 Å². The number of amides is 2. The van der Waals surface area contributed by atoms with Crippen LogP contribution in [0.3, 0.4) is 0 Å². The summed E-state index contributed by atoms with van der Waals surface area (Å²) in [5.74, 6) is 1.46. The van der Waals surface area contributed by atoms with Crippen LogP contribution in [0, 0.1) is 18.8 Å². The molecule has 0 spiro atoms. The first-order valence-corrected chi connectivity index (χ1v) is 11.8. The minimum atomic E-state index is -0.272. The number of nitrogens with one attached hydrogen (secondary N) is 2. The highest BCUT2D eigenvalue weighted by atomic mass is 79.9. The topological polar surface area (TPSA) is 73.7 Å². The molecule has 6 heteroatoms. The third-order valence-corrected chi connectivity index (χ3v) is 7.96. The third-order valence-electron chi connectivity index (χ3n) is 7.46. The van der Waals surface area contributed by atoms with E-state index in [1.807, 2.05) is 0 Å². The lowest BCUT2D eigenvalue weighted by Crippen LogP contribution is -2.65. The Bertz CT molecular complexity index is 1020. The van der Waals surface area contributed by atoms with E-state index in [0.29, 0.717) is 17.4 Å². The van der Waals surface area contributed by atoms with E-state index in [4.69, 9.17) is 0 Å². The predicted molar refractivity (Wildman–Crippen MR) is 125 cm³/mol. The van der Waals surface area contributed by atoms with E-state index in [0.717, 1.165) is 23.7 Å². The van der Waals surface area contributed by atoms with Crippen molar-refractivity contribution in [3.63, 3.8) is 0 Å². The molecule has 0 aromatic heterocycles. The second-order valence-electron chi connectivity index (χ2n) is 9.91. The molecule has 2 aromatic rings. The quantitative estimate of drug-likeness (QED) is 0.404. The molecule has 4 atom stereocenters. The lowest BCUT2D eigenvalue weighted by atomic mass is 9.45. The van der Waals surface area contributed by atoms with E-state index in [-0.39, 0.29) is 22.7 Å². The molecule has 0 saturated heterocycles. The van der Waals surface area contributed by atoms with Crippen molar-refractivity contribution in [3.8, 4) is 5.75 Å². The number of carbonyl (C=O) groups excluding carboxylic acids is 1. The summed E-state index contributed by atoms with van der Waals surface area (Å²) in [6, 6.07) is 13.8. The Kier molecular flexibility index (Phi) is 5.08. The first kappa shape index (κ1) is 20.6. The summed E-state index contributed by atoms with van der Waals surface area (Å²) in [7, 11) is 0. The Morgan fingerprint density at radius 3 is 2.55 bits per heavy atom. The lowest BCUT2D eigenvalue weighted by molar-refractivity contribution is -0.0349. The molecule has 0 heterocycles. The maximum Gasteiger partial charge on any atom is 0.335 e. The molecule has 5 nitrogen and oxygen atoms in total. The summed E-state index contributed by atoms with van der Waals surface area (Å²) >= 11 is 3.38. The molecule has 4 aliphatic carbocycles. The fraction of sp³-hybridized carbons (Fsp3) is 0.440. The molecule has 162 valence electrons. The second-order valence-corrected chi connectivity index (χ2v) is 10.8. The zero-order valence-corrected chi connectivity index (χ0v) is 19.3. The van der Waals surface area contributed by atoms with Gasteiger partial charge in [0.25, 0.3) is 0 Å². The van der Waals surface area contributed by atoms with E-state index < -0.39 is 0 Å². The van der Waals surface area contributed by atoms with Gasteiger partial charge in [-0.3, -0.25) is 0 Å². The molecule has 4 fully saturated rings. The summed E-state index contributed by atoms with van der Waals surface area (Å²) in [6.45, 7) is 2.13. The number of benzene rings is 2. The maximum absolute atomic E-state index is 12.7. The summed E-state index contributed by atoms with van der Waals surface area (Å²) in [5, 5.41) is 17.3. The number of aryl methyl sites for hydroxylation is 1. The van der Waals surface area contributed by atoms with Crippen molar-refractivity contribution >= 4 is 28.2 Å². The summed E-state index contributed by atoms with van der Waals surface area (Å²) in [5.41, 5.74) is 5.89. The molecular formula is C25H28BrN3O2. The molecule has 31 heavy (non-hydrogen) atoms. The number of aromatic hydroxyl groups is 1. The fourth-order valence-corrected chi connectivity index (χ4v) is 7.09. The molecule has 3 N–H and O–H groups in total. The van der Waals surface area contributed by atoms with Crippen LogP contribution in [-0.4, -0.2) is 22.9 Å². The van der Waals surface area contributed by atoms with Crippen LogP contribution in [0.15, 0.2) is 52.0 Å². The monoisotopic (exact) mass is 481 g/mol. The number of halogens is 1. The zero-order valence-electron chi connectivity index (χ0n) is 17.7. The van der Waals surface area contributed by atoms with Gasteiger partial charge in [0.15, 0.2) is 0 Å². The average Bonchev–Trinajstić information content (AvgIpc) is 2.69. The van der Waals surface area contributed by atoms with Crippen LogP contribution in [0.2, 0.25) is 0 Å². The van der Waals surface area contributed by atoms with Crippen molar-refractivity contribution in [1.29, 1.82) is 0 Å². The SMILES string of the molecule is Cc1ccc(C23C[C@@H]4C[C@@H](CC(NC(=O)N/N=C/c5cc(Br)ccc5O)(C4)C2)C3)cc1. The van der Waals surface area contributed by atoms with Crippen molar-refractivity contribution < 1.29 is 9.90 Å². The maximum atomic E-state index is 12.7. The highest BCUT2D eigenvalue weighted by Gasteiger charge is 2.58. The van der Waals surface area contributed by atoms with Crippen LogP contribution < -0.4 is 10.7 Å². The number of phenolic OH excluding ortho intramolecular Hbond substituents is 1. The Labute approximate surface area is 191 Å². The van der Waals surface area contributed by atoms with Gasteiger partial charge in [-0.15, -0.1) is 0 Å². The van der Waals surface area contributed by atoms with E-state index in [1.165, 1.54) is 36.6 Å². The molecule has 0 radical (unpaired) electrons. The molecule has 0 aliphatic heterocycles. The van der Waals surface area contributed by atoms with Gasteiger partial charge < -0.3 is 10.4 Å². The van der Waals surface area contributed by atoms with Gasteiger partial charge in [0.2, 0.25) is 0 Å². The smallest absolute Gasteiger partial charge is 0.335 e. The molecule has 2 unspecified atom stereocenters. The zero-order chi connectivity index (χ0) is 21.6. The van der Waals surface area contributed by atoms with Crippen molar-refractivity contribution in [2.75, 3.05) is 0 Å². The molecule has 4 bridgehead atoms. The molecular weight excluding hydrogens is 454 g/mol. The van der Waals surface area contributed by atoms with E-state index in [9.17, 15) is 9.90 Å². The van der Waals surface area contributed by atoms with Crippen LogP contribution in [0.5, 0.6) is 5.75 Å².